The van der Waals surface area contributed by atoms with E-state index in [0.29, 0.717) is 0 Å². The van der Waals surface area contributed by atoms with E-state index in [1.807, 2.05) is 13.1 Å². The molecule has 0 radical (unpaired) electrons. The Morgan fingerprint density at radius 2 is 1.86 bits per heavy atom. The highest BCUT2D eigenvalue weighted by molar-refractivity contribution is 5.43. The monoisotopic (exact) mass is 286 g/mol. The first kappa shape index (κ1) is 13.5. The zero-order valence-corrected chi connectivity index (χ0v) is 13.3. The molecule has 2 heterocycles. The summed E-state index contributed by atoms with van der Waals surface area (Å²) in [5.74, 6) is 3.15. The minimum Gasteiger partial charge on any atom is -0.353 e. The van der Waals surface area contributed by atoms with E-state index in [2.05, 4.69) is 21.7 Å². The summed E-state index contributed by atoms with van der Waals surface area (Å²) in [4.78, 5) is 14.4. The molecule has 0 N–H and O–H groups in total. The van der Waals surface area contributed by atoms with Crippen molar-refractivity contribution in [2.75, 3.05) is 31.1 Å². The van der Waals surface area contributed by atoms with E-state index in [-0.39, 0.29) is 0 Å². The van der Waals surface area contributed by atoms with Crippen molar-refractivity contribution in [3.8, 4) is 0 Å². The van der Waals surface area contributed by atoms with Crippen molar-refractivity contribution >= 4 is 5.82 Å². The fourth-order valence-electron chi connectivity index (χ4n) is 4.75. The highest BCUT2D eigenvalue weighted by Gasteiger charge is 2.42. The Labute approximate surface area is 127 Å². The van der Waals surface area contributed by atoms with Gasteiger partial charge in [0, 0.05) is 38.4 Å². The number of aryl methyl sites for hydroxylation is 2. The SMILES string of the molecule is Cc1cnc(C)c(N2CCN(C3CC4CCC3C4)CC2)n1. The number of aromatic nitrogens is 2. The van der Waals surface area contributed by atoms with Gasteiger partial charge in [-0.05, 0) is 44.9 Å². The lowest BCUT2D eigenvalue weighted by atomic mass is 9.93. The van der Waals surface area contributed by atoms with Gasteiger partial charge in [-0.3, -0.25) is 9.88 Å². The van der Waals surface area contributed by atoms with Crippen molar-refractivity contribution in [1.82, 2.24) is 14.9 Å². The van der Waals surface area contributed by atoms with E-state index >= 15 is 0 Å². The molecule has 1 aromatic rings. The third kappa shape index (κ3) is 2.44. The molecule has 1 saturated heterocycles. The maximum absolute atomic E-state index is 4.70. The van der Waals surface area contributed by atoms with Gasteiger partial charge in [0.1, 0.15) is 5.82 Å². The van der Waals surface area contributed by atoms with Gasteiger partial charge in [0.05, 0.1) is 11.4 Å². The van der Waals surface area contributed by atoms with Gasteiger partial charge in [0.2, 0.25) is 0 Å². The molecule has 2 aliphatic carbocycles. The summed E-state index contributed by atoms with van der Waals surface area (Å²) < 4.78 is 0. The van der Waals surface area contributed by atoms with E-state index in [1.54, 1.807) is 0 Å². The average molecular weight is 286 g/mol. The zero-order chi connectivity index (χ0) is 14.4. The number of fused-ring (bicyclic) bond motifs is 2. The number of hydrogen-bond donors (Lipinski definition) is 0. The lowest BCUT2D eigenvalue weighted by Crippen LogP contribution is -2.52. The highest BCUT2D eigenvalue weighted by atomic mass is 15.3. The lowest BCUT2D eigenvalue weighted by Gasteiger charge is -2.41. The molecular formula is C17H26N4. The molecule has 1 aromatic heterocycles. The van der Waals surface area contributed by atoms with Crippen LogP contribution in [-0.2, 0) is 0 Å². The summed E-state index contributed by atoms with van der Waals surface area (Å²) in [6.07, 6.45) is 7.82. The third-order valence-electron chi connectivity index (χ3n) is 5.83. The molecule has 21 heavy (non-hydrogen) atoms. The van der Waals surface area contributed by atoms with Crippen LogP contribution in [0.5, 0.6) is 0 Å². The van der Waals surface area contributed by atoms with Gasteiger partial charge in [-0.2, -0.15) is 0 Å². The van der Waals surface area contributed by atoms with Crippen molar-refractivity contribution in [2.24, 2.45) is 11.8 Å². The Kier molecular flexibility index (Phi) is 3.37. The molecule has 0 spiro atoms. The fraction of sp³-hybridized carbons (Fsp3) is 0.765. The van der Waals surface area contributed by atoms with Gasteiger partial charge in [0.25, 0.3) is 0 Å². The predicted octanol–water partition coefficient (Wildman–Crippen LogP) is 2.40. The van der Waals surface area contributed by atoms with Gasteiger partial charge in [-0.25, -0.2) is 4.98 Å². The largest absolute Gasteiger partial charge is 0.353 e. The van der Waals surface area contributed by atoms with E-state index < -0.39 is 0 Å². The van der Waals surface area contributed by atoms with Crippen LogP contribution in [-0.4, -0.2) is 47.1 Å². The van der Waals surface area contributed by atoms with Gasteiger partial charge in [-0.15, -0.1) is 0 Å². The Balaban J connectivity index is 1.41. The fourth-order valence-corrected chi connectivity index (χ4v) is 4.75. The molecule has 2 saturated carbocycles. The summed E-state index contributed by atoms with van der Waals surface area (Å²) in [5.41, 5.74) is 2.08. The first-order valence-electron chi connectivity index (χ1n) is 8.50. The highest BCUT2D eigenvalue weighted by Crippen LogP contribution is 2.46. The van der Waals surface area contributed by atoms with Crippen LogP contribution in [0.1, 0.15) is 37.1 Å². The molecule has 1 aliphatic heterocycles. The van der Waals surface area contributed by atoms with Crippen LogP contribution >= 0.6 is 0 Å². The predicted molar refractivity (Wildman–Crippen MR) is 84.5 cm³/mol. The maximum atomic E-state index is 4.70. The summed E-state index contributed by atoms with van der Waals surface area (Å²) in [6.45, 7) is 8.71. The number of nitrogens with zero attached hydrogens (tertiary/aromatic N) is 4. The summed E-state index contributed by atoms with van der Waals surface area (Å²) in [7, 11) is 0. The molecule has 2 bridgehead atoms. The Morgan fingerprint density at radius 3 is 2.52 bits per heavy atom. The van der Waals surface area contributed by atoms with Crippen LogP contribution in [0.3, 0.4) is 0 Å². The van der Waals surface area contributed by atoms with Crippen LogP contribution in [0, 0.1) is 25.7 Å². The van der Waals surface area contributed by atoms with Crippen LogP contribution in [0.4, 0.5) is 5.82 Å². The van der Waals surface area contributed by atoms with Crippen LogP contribution in [0.2, 0.25) is 0 Å². The quantitative estimate of drug-likeness (QED) is 0.836. The minimum atomic E-state index is 0.885. The van der Waals surface area contributed by atoms with E-state index in [9.17, 15) is 0 Å². The third-order valence-corrected chi connectivity index (χ3v) is 5.83. The molecule has 114 valence electrons. The maximum Gasteiger partial charge on any atom is 0.150 e. The molecule has 0 amide bonds. The summed E-state index contributed by atoms with van der Waals surface area (Å²) in [5, 5.41) is 0. The van der Waals surface area contributed by atoms with Crippen molar-refractivity contribution in [3.05, 3.63) is 17.6 Å². The van der Waals surface area contributed by atoms with Gasteiger partial charge < -0.3 is 4.90 Å². The standard InChI is InChI=1S/C17H26N4/c1-12-11-18-13(2)17(19-12)21-7-5-20(6-8-21)16-10-14-3-4-15(16)9-14/h11,14-16H,3-10H2,1-2H3. The normalized spacial score (nSPS) is 32.9. The van der Waals surface area contributed by atoms with Crippen molar-refractivity contribution in [3.63, 3.8) is 0 Å². The topological polar surface area (TPSA) is 32.3 Å². The smallest absolute Gasteiger partial charge is 0.150 e. The van der Waals surface area contributed by atoms with E-state index in [1.165, 1.54) is 38.8 Å². The Hall–Kier alpha value is -1.16. The molecule has 3 aliphatic rings. The second-order valence-corrected chi connectivity index (χ2v) is 7.19. The molecular weight excluding hydrogens is 260 g/mol. The summed E-state index contributed by atoms with van der Waals surface area (Å²) >= 11 is 0. The van der Waals surface area contributed by atoms with Crippen LogP contribution in [0.25, 0.3) is 0 Å². The number of anilines is 1. The summed E-state index contributed by atoms with van der Waals surface area (Å²) in [6, 6.07) is 0.885. The second-order valence-electron chi connectivity index (χ2n) is 7.19. The van der Waals surface area contributed by atoms with Crippen molar-refractivity contribution in [1.29, 1.82) is 0 Å². The first-order chi connectivity index (χ1) is 10.2. The number of piperazine rings is 1. The Bertz CT molecular complexity index is 522. The van der Waals surface area contributed by atoms with Gasteiger partial charge in [0.15, 0.2) is 0 Å². The van der Waals surface area contributed by atoms with Crippen LogP contribution in [0.15, 0.2) is 6.20 Å². The molecule has 4 nitrogen and oxygen atoms in total. The van der Waals surface area contributed by atoms with Gasteiger partial charge >= 0.3 is 0 Å². The van der Waals surface area contributed by atoms with E-state index in [0.717, 1.165) is 48.2 Å². The zero-order valence-electron chi connectivity index (χ0n) is 13.3. The molecule has 4 rings (SSSR count). The van der Waals surface area contributed by atoms with E-state index in [4.69, 9.17) is 4.98 Å². The minimum absolute atomic E-state index is 0.885. The first-order valence-corrected chi connectivity index (χ1v) is 8.50. The number of rotatable bonds is 2. The molecule has 0 aromatic carbocycles. The second kappa shape index (κ2) is 5.24. The number of hydrogen-bond acceptors (Lipinski definition) is 4. The molecule has 3 fully saturated rings. The van der Waals surface area contributed by atoms with Gasteiger partial charge in [-0.1, -0.05) is 6.42 Å². The Morgan fingerprint density at radius 1 is 1.05 bits per heavy atom. The van der Waals surface area contributed by atoms with Crippen LogP contribution < -0.4 is 4.90 Å². The lowest BCUT2D eigenvalue weighted by molar-refractivity contribution is 0.134. The average Bonchev–Trinajstić information content (AvgIpc) is 3.13. The molecule has 3 atom stereocenters. The van der Waals surface area contributed by atoms with Crippen molar-refractivity contribution < 1.29 is 0 Å². The molecule has 3 unspecified atom stereocenters. The van der Waals surface area contributed by atoms with Crippen molar-refractivity contribution in [2.45, 2.75) is 45.6 Å². The molecule has 4 heteroatoms.